The van der Waals surface area contributed by atoms with Gasteiger partial charge in [-0.3, -0.25) is 0 Å². The van der Waals surface area contributed by atoms with Gasteiger partial charge >= 0.3 is 0 Å². The molecule has 1 heteroatoms. The molecule has 1 fully saturated rings. The maximum absolute atomic E-state index is 3.55. The van der Waals surface area contributed by atoms with Crippen molar-refractivity contribution in [3.05, 3.63) is 34.9 Å². The highest BCUT2D eigenvalue weighted by Crippen LogP contribution is 2.47. The van der Waals surface area contributed by atoms with E-state index in [0.29, 0.717) is 5.41 Å². The van der Waals surface area contributed by atoms with Crippen LogP contribution in [0.5, 0.6) is 0 Å². The van der Waals surface area contributed by atoms with Gasteiger partial charge in [0.1, 0.15) is 0 Å². The van der Waals surface area contributed by atoms with Crippen LogP contribution in [0, 0.1) is 19.8 Å². The Morgan fingerprint density at radius 2 is 1.76 bits per heavy atom. The van der Waals surface area contributed by atoms with Gasteiger partial charge in [-0.05, 0) is 44.7 Å². The van der Waals surface area contributed by atoms with E-state index in [4.69, 9.17) is 0 Å². The van der Waals surface area contributed by atoms with Crippen LogP contribution in [0.3, 0.4) is 0 Å². The van der Waals surface area contributed by atoms with Crippen LogP contribution in [0.15, 0.2) is 18.2 Å². The van der Waals surface area contributed by atoms with Crippen molar-refractivity contribution >= 4 is 0 Å². The van der Waals surface area contributed by atoms with Crippen LogP contribution in [0.25, 0.3) is 0 Å². The number of rotatable bonds is 4. The van der Waals surface area contributed by atoms with Crippen LogP contribution < -0.4 is 5.32 Å². The van der Waals surface area contributed by atoms with Gasteiger partial charge in [-0.15, -0.1) is 0 Å². The highest BCUT2D eigenvalue weighted by Gasteiger charge is 2.42. The van der Waals surface area contributed by atoms with Crippen molar-refractivity contribution in [1.82, 2.24) is 5.32 Å². The molecule has 1 aliphatic rings. The van der Waals surface area contributed by atoms with Gasteiger partial charge in [0.15, 0.2) is 0 Å². The van der Waals surface area contributed by atoms with Gasteiger partial charge in [-0.1, -0.05) is 43.2 Å². The van der Waals surface area contributed by atoms with Crippen LogP contribution >= 0.6 is 0 Å². The molecule has 0 aromatic heterocycles. The predicted octanol–water partition coefficient (Wildman–Crippen LogP) is 3.58. The number of benzene rings is 1. The quantitative estimate of drug-likeness (QED) is 0.835. The summed E-state index contributed by atoms with van der Waals surface area (Å²) in [4.78, 5) is 0. The van der Waals surface area contributed by atoms with Crippen LogP contribution in [0.4, 0.5) is 0 Å². The van der Waals surface area contributed by atoms with Crippen molar-refractivity contribution in [3.8, 4) is 0 Å². The lowest BCUT2D eigenvalue weighted by Gasteiger charge is -2.47. The second-order valence-corrected chi connectivity index (χ2v) is 5.95. The molecule has 0 spiro atoms. The summed E-state index contributed by atoms with van der Waals surface area (Å²) >= 11 is 0. The van der Waals surface area contributed by atoms with Crippen LogP contribution in [-0.4, -0.2) is 13.1 Å². The zero-order chi connectivity index (χ0) is 12.5. The zero-order valence-electron chi connectivity index (χ0n) is 11.6. The van der Waals surface area contributed by atoms with E-state index in [2.05, 4.69) is 51.2 Å². The molecule has 2 rings (SSSR count). The highest BCUT2D eigenvalue weighted by atomic mass is 14.9. The van der Waals surface area contributed by atoms with E-state index in [1.807, 2.05) is 0 Å². The summed E-state index contributed by atoms with van der Waals surface area (Å²) in [6.45, 7) is 11.2. The average Bonchev–Trinajstić information content (AvgIpc) is 2.21. The molecule has 0 bridgehead atoms. The Bertz CT molecular complexity index is 368. The highest BCUT2D eigenvalue weighted by molar-refractivity contribution is 5.36. The molecule has 0 amide bonds. The lowest BCUT2D eigenvalue weighted by atomic mass is 9.59. The SMILES string of the molecule is CCNCC1(c2cc(C)cc(C)c2)CC(C)C1. The lowest BCUT2D eigenvalue weighted by Crippen LogP contribution is -2.47. The number of nitrogens with one attached hydrogen (secondary N) is 1. The smallest absolute Gasteiger partial charge is 0.00830 e. The van der Waals surface area contributed by atoms with Gasteiger partial charge in [0.05, 0.1) is 0 Å². The maximum atomic E-state index is 3.55. The number of hydrogen-bond donors (Lipinski definition) is 1. The van der Waals surface area contributed by atoms with Crippen molar-refractivity contribution in [2.24, 2.45) is 5.92 Å². The molecule has 1 saturated carbocycles. The van der Waals surface area contributed by atoms with E-state index in [9.17, 15) is 0 Å². The fourth-order valence-corrected chi connectivity index (χ4v) is 3.40. The van der Waals surface area contributed by atoms with Crippen molar-refractivity contribution in [3.63, 3.8) is 0 Å². The van der Waals surface area contributed by atoms with Crippen LogP contribution in [0.2, 0.25) is 0 Å². The maximum Gasteiger partial charge on any atom is 0.00830 e. The first-order valence-electron chi connectivity index (χ1n) is 6.85. The first-order chi connectivity index (χ1) is 8.05. The van der Waals surface area contributed by atoms with E-state index in [-0.39, 0.29) is 0 Å². The van der Waals surface area contributed by atoms with Gasteiger partial charge in [0.2, 0.25) is 0 Å². The van der Waals surface area contributed by atoms with E-state index in [0.717, 1.165) is 19.0 Å². The Labute approximate surface area is 106 Å². The van der Waals surface area contributed by atoms with Gasteiger partial charge in [-0.2, -0.15) is 0 Å². The molecular formula is C16H25N. The minimum absolute atomic E-state index is 0.409. The third kappa shape index (κ3) is 2.55. The van der Waals surface area contributed by atoms with E-state index in [1.165, 1.54) is 24.0 Å². The normalized spacial score (nSPS) is 27.9. The summed E-state index contributed by atoms with van der Waals surface area (Å²) in [5.74, 6) is 0.884. The predicted molar refractivity (Wildman–Crippen MR) is 74.5 cm³/mol. The van der Waals surface area contributed by atoms with Gasteiger partial charge in [-0.25, -0.2) is 0 Å². The molecule has 0 radical (unpaired) electrons. The van der Waals surface area contributed by atoms with Crippen LogP contribution in [-0.2, 0) is 5.41 Å². The van der Waals surface area contributed by atoms with Crippen molar-refractivity contribution < 1.29 is 0 Å². The molecule has 0 aliphatic heterocycles. The standard InChI is InChI=1S/C16H25N/c1-5-17-11-16(9-14(4)10-16)15-7-12(2)6-13(3)8-15/h6-8,14,17H,5,9-11H2,1-4H3. The summed E-state index contributed by atoms with van der Waals surface area (Å²) in [5, 5.41) is 3.55. The summed E-state index contributed by atoms with van der Waals surface area (Å²) in [6, 6.07) is 7.04. The van der Waals surface area contributed by atoms with Gasteiger partial charge in [0.25, 0.3) is 0 Å². The molecule has 94 valence electrons. The second kappa shape index (κ2) is 4.81. The molecule has 0 atom stereocenters. The molecule has 1 aliphatic carbocycles. The molecule has 1 aromatic rings. The molecule has 0 saturated heterocycles. The zero-order valence-corrected chi connectivity index (χ0v) is 11.6. The fourth-order valence-electron chi connectivity index (χ4n) is 3.40. The average molecular weight is 231 g/mol. The topological polar surface area (TPSA) is 12.0 Å². The third-order valence-corrected chi connectivity index (χ3v) is 4.03. The number of hydrogen-bond acceptors (Lipinski definition) is 1. The molecule has 1 nitrogen and oxygen atoms in total. The molecule has 17 heavy (non-hydrogen) atoms. The summed E-state index contributed by atoms with van der Waals surface area (Å²) in [7, 11) is 0. The summed E-state index contributed by atoms with van der Waals surface area (Å²) in [6.07, 6.45) is 2.67. The largest absolute Gasteiger partial charge is 0.316 e. The third-order valence-electron chi connectivity index (χ3n) is 4.03. The Balaban J connectivity index is 2.26. The summed E-state index contributed by atoms with van der Waals surface area (Å²) < 4.78 is 0. The lowest BCUT2D eigenvalue weighted by molar-refractivity contribution is 0.153. The molecule has 1 N–H and O–H groups in total. The molecule has 1 aromatic carbocycles. The van der Waals surface area contributed by atoms with E-state index < -0.39 is 0 Å². The Morgan fingerprint density at radius 1 is 1.18 bits per heavy atom. The van der Waals surface area contributed by atoms with Crippen LogP contribution in [0.1, 0.15) is 43.4 Å². The van der Waals surface area contributed by atoms with Gasteiger partial charge < -0.3 is 5.32 Å². The minimum Gasteiger partial charge on any atom is -0.316 e. The Kier molecular flexibility index (Phi) is 3.58. The molecule has 0 heterocycles. The fraction of sp³-hybridized carbons (Fsp3) is 0.625. The monoisotopic (exact) mass is 231 g/mol. The first kappa shape index (κ1) is 12.6. The summed E-state index contributed by atoms with van der Waals surface area (Å²) in [5.41, 5.74) is 4.76. The van der Waals surface area contributed by atoms with Gasteiger partial charge in [0, 0.05) is 12.0 Å². The molecular weight excluding hydrogens is 206 g/mol. The van der Waals surface area contributed by atoms with E-state index >= 15 is 0 Å². The Hall–Kier alpha value is -0.820. The van der Waals surface area contributed by atoms with Crippen molar-refractivity contribution in [2.75, 3.05) is 13.1 Å². The van der Waals surface area contributed by atoms with Crippen molar-refractivity contribution in [1.29, 1.82) is 0 Å². The first-order valence-corrected chi connectivity index (χ1v) is 6.85. The Morgan fingerprint density at radius 3 is 2.24 bits per heavy atom. The van der Waals surface area contributed by atoms with Crippen molar-refractivity contribution in [2.45, 2.75) is 46.0 Å². The number of likely N-dealkylation sites (N-methyl/N-ethyl adjacent to an activating group) is 1. The minimum atomic E-state index is 0.409. The number of aryl methyl sites for hydroxylation is 2. The second-order valence-electron chi connectivity index (χ2n) is 5.95. The van der Waals surface area contributed by atoms with E-state index in [1.54, 1.807) is 5.56 Å². The molecule has 0 unspecified atom stereocenters.